The van der Waals surface area contributed by atoms with E-state index in [1.807, 2.05) is 0 Å². The third-order valence-corrected chi connectivity index (χ3v) is 5.57. The number of rotatable bonds is 5. The van der Waals surface area contributed by atoms with Crippen LogP contribution in [0.1, 0.15) is 87.7 Å². The summed E-state index contributed by atoms with van der Waals surface area (Å²) in [6.45, 7) is 3.45. The molecule has 0 spiro atoms. The highest BCUT2D eigenvalue weighted by molar-refractivity contribution is 5.30. The second-order valence-electron chi connectivity index (χ2n) is 7.17. The van der Waals surface area contributed by atoms with E-state index in [-0.39, 0.29) is 0 Å². The Bertz CT molecular complexity index is 435. The molecule has 0 aliphatic heterocycles. The molecule has 1 N–H and O–H groups in total. The lowest BCUT2D eigenvalue weighted by Gasteiger charge is -2.27. The Morgan fingerprint density at radius 1 is 0.952 bits per heavy atom. The molecule has 0 heterocycles. The first kappa shape index (κ1) is 15.1. The molecule has 2 unspecified atom stereocenters. The molecular formula is C20H31N. The van der Waals surface area contributed by atoms with Gasteiger partial charge in [-0.2, -0.15) is 0 Å². The summed E-state index contributed by atoms with van der Waals surface area (Å²) >= 11 is 0. The number of benzene rings is 1. The maximum atomic E-state index is 3.77. The molecule has 1 aromatic carbocycles. The summed E-state index contributed by atoms with van der Waals surface area (Å²) in [7, 11) is 0. The lowest BCUT2D eigenvalue weighted by Crippen LogP contribution is -2.30. The topological polar surface area (TPSA) is 12.0 Å². The highest BCUT2D eigenvalue weighted by Crippen LogP contribution is 2.38. The number of hydrogen-bond donors (Lipinski definition) is 1. The van der Waals surface area contributed by atoms with Crippen molar-refractivity contribution in [3.63, 3.8) is 0 Å². The summed E-state index contributed by atoms with van der Waals surface area (Å²) in [4.78, 5) is 0. The number of nitrogens with one attached hydrogen (secondary N) is 1. The molecule has 2 aliphatic rings. The fourth-order valence-electron chi connectivity index (χ4n) is 4.01. The Labute approximate surface area is 130 Å². The maximum Gasteiger partial charge on any atom is 0.00728 e. The van der Waals surface area contributed by atoms with E-state index in [1.54, 1.807) is 11.1 Å². The van der Waals surface area contributed by atoms with E-state index >= 15 is 0 Å². The predicted molar refractivity (Wildman–Crippen MR) is 90.9 cm³/mol. The van der Waals surface area contributed by atoms with Crippen molar-refractivity contribution in [1.82, 2.24) is 5.32 Å². The Morgan fingerprint density at radius 2 is 1.67 bits per heavy atom. The third kappa shape index (κ3) is 3.88. The van der Waals surface area contributed by atoms with Gasteiger partial charge in [-0.25, -0.2) is 0 Å². The van der Waals surface area contributed by atoms with Crippen LogP contribution in [0.5, 0.6) is 0 Å². The van der Waals surface area contributed by atoms with Crippen LogP contribution >= 0.6 is 0 Å². The summed E-state index contributed by atoms with van der Waals surface area (Å²) in [5.74, 6) is 1.65. The van der Waals surface area contributed by atoms with Crippen molar-refractivity contribution in [1.29, 1.82) is 0 Å². The van der Waals surface area contributed by atoms with Crippen LogP contribution in [-0.2, 0) is 0 Å². The van der Waals surface area contributed by atoms with E-state index in [2.05, 4.69) is 36.5 Å². The van der Waals surface area contributed by atoms with E-state index in [0.29, 0.717) is 0 Å². The Balaban J connectivity index is 1.68. The van der Waals surface area contributed by atoms with Gasteiger partial charge in [0, 0.05) is 6.04 Å². The lowest BCUT2D eigenvalue weighted by atomic mass is 9.78. The van der Waals surface area contributed by atoms with Gasteiger partial charge >= 0.3 is 0 Å². The quantitative estimate of drug-likeness (QED) is 0.717. The summed E-state index contributed by atoms with van der Waals surface area (Å²) < 4.78 is 0. The van der Waals surface area contributed by atoms with Gasteiger partial charge in [-0.1, -0.05) is 50.5 Å². The van der Waals surface area contributed by atoms with Crippen LogP contribution in [0.3, 0.4) is 0 Å². The van der Waals surface area contributed by atoms with Crippen LogP contribution < -0.4 is 5.32 Å². The van der Waals surface area contributed by atoms with Gasteiger partial charge in [0.15, 0.2) is 0 Å². The van der Waals surface area contributed by atoms with Gasteiger partial charge in [0.05, 0.1) is 0 Å². The molecule has 0 saturated heterocycles. The first-order valence-corrected chi connectivity index (χ1v) is 9.20. The SMILES string of the molecule is CCCNC1CCCCC(c2cccc(C3CCC3)c2)C1. The summed E-state index contributed by atoms with van der Waals surface area (Å²) in [6, 6.07) is 10.3. The van der Waals surface area contributed by atoms with Gasteiger partial charge < -0.3 is 5.32 Å². The molecular weight excluding hydrogens is 254 g/mol. The largest absolute Gasteiger partial charge is 0.314 e. The van der Waals surface area contributed by atoms with Crippen LogP contribution in [0.25, 0.3) is 0 Å². The molecule has 1 aromatic rings. The van der Waals surface area contributed by atoms with Crippen LogP contribution in [0.2, 0.25) is 0 Å². The minimum Gasteiger partial charge on any atom is -0.314 e. The lowest BCUT2D eigenvalue weighted by molar-refractivity contribution is 0.417. The van der Waals surface area contributed by atoms with Crippen molar-refractivity contribution in [2.24, 2.45) is 0 Å². The second kappa shape index (κ2) is 7.45. The molecule has 1 heteroatoms. The molecule has 2 aliphatic carbocycles. The average Bonchev–Trinajstić information content (AvgIpc) is 2.69. The van der Waals surface area contributed by atoms with Crippen molar-refractivity contribution in [3.8, 4) is 0 Å². The molecule has 3 rings (SSSR count). The monoisotopic (exact) mass is 285 g/mol. The molecule has 0 radical (unpaired) electrons. The first-order chi connectivity index (χ1) is 10.4. The van der Waals surface area contributed by atoms with Crippen molar-refractivity contribution < 1.29 is 0 Å². The predicted octanol–water partition coefficient (Wildman–Crippen LogP) is 5.37. The van der Waals surface area contributed by atoms with Crippen LogP contribution in [-0.4, -0.2) is 12.6 Å². The molecule has 2 fully saturated rings. The zero-order valence-corrected chi connectivity index (χ0v) is 13.6. The minimum atomic E-state index is 0.741. The van der Waals surface area contributed by atoms with Gasteiger partial charge in [-0.05, 0) is 68.0 Å². The van der Waals surface area contributed by atoms with Crippen molar-refractivity contribution >= 4 is 0 Å². The van der Waals surface area contributed by atoms with Gasteiger partial charge in [0.1, 0.15) is 0 Å². The van der Waals surface area contributed by atoms with Crippen LogP contribution in [0.4, 0.5) is 0 Å². The molecule has 1 nitrogen and oxygen atoms in total. The second-order valence-corrected chi connectivity index (χ2v) is 7.17. The third-order valence-electron chi connectivity index (χ3n) is 5.57. The molecule has 2 saturated carbocycles. The highest BCUT2D eigenvalue weighted by atomic mass is 14.9. The van der Waals surface area contributed by atoms with E-state index in [4.69, 9.17) is 0 Å². The van der Waals surface area contributed by atoms with Crippen molar-refractivity contribution in [2.75, 3.05) is 6.54 Å². The Hall–Kier alpha value is -0.820. The molecule has 0 bridgehead atoms. The summed E-state index contributed by atoms with van der Waals surface area (Å²) in [6.07, 6.45) is 12.4. The molecule has 21 heavy (non-hydrogen) atoms. The normalized spacial score (nSPS) is 27.1. The highest BCUT2D eigenvalue weighted by Gasteiger charge is 2.23. The van der Waals surface area contributed by atoms with Crippen LogP contribution in [0.15, 0.2) is 24.3 Å². The smallest absolute Gasteiger partial charge is 0.00728 e. The zero-order chi connectivity index (χ0) is 14.5. The van der Waals surface area contributed by atoms with Gasteiger partial charge in [-0.15, -0.1) is 0 Å². The standard InChI is InChI=1S/C20H31N/c1-2-13-21-20-12-4-3-7-19(15-20)18-11-6-10-17(14-18)16-8-5-9-16/h6,10-11,14,16,19-21H,2-5,7-9,12-13,15H2,1H3. The molecule has 116 valence electrons. The Kier molecular flexibility index (Phi) is 5.35. The van der Waals surface area contributed by atoms with Gasteiger partial charge in [0.25, 0.3) is 0 Å². The Morgan fingerprint density at radius 3 is 2.38 bits per heavy atom. The average molecular weight is 285 g/mol. The van der Waals surface area contributed by atoms with E-state index in [0.717, 1.165) is 17.9 Å². The van der Waals surface area contributed by atoms with E-state index in [9.17, 15) is 0 Å². The fourth-order valence-corrected chi connectivity index (χ4v) is 4.01. The molecule has 0 aromatic heterocycles. The number of hydrogen-bond acceptors (Lipinski definition) is 1. The van der Waals surface area contributed by atoms with Crippen molar-refractivity contribution in [3.05, 3.63) is 35.4 Å². The summed E-state index contributed by atoms with van der Waals surface area (Å²) in [5.41, 5.74) is 3.23. The maximum absolute atomic E-state index is 3.77. The van der Waals surface area contributed by atoms with Crippen LogP contribution in [0, 0.1) is 0 Å². The minimum absolute atomic E-state index is 0.741. The van der Waals surface area contributed by atoms with Crippen molar-refractivity contribution in [2.45, 2.75) is 82.6 Å². The fraction of sp³-hybridized carbons (Fsp3) is 0.700. The first-order valence-electron chi connectivity index (χ1n) is 9.20. The molecule has 0 amide bonds. The van der Waals surface area contributed by atoms with Gasteiger partial charge in [0.2, 0.25) is 0 Å². The summed E-state index contributed by atoms with van der Waals surface area (Å²) in [5, 5.41) is 3.77. The molecule has 2 atom stereocenters. The van der Waals surface area contributed by atoms with Gasteiger partial charge in [-0.3, -0.25) is 0 Å². The van der Waals surface area contributed by atoms with E-state index in [1.165, 1.54) is 64.3 Å². The van der Waals surface area contributed by atoms with E-state index < -0.39 is 0 Å². The zero-order valence-electron chi connectivity index (χ0n) is 13.6.